The number of ether oxygens (including phenoxy) is 1. The molecule has 7 nitrogen and oxygen atoms in total. The van der Waals surface area contributed by atoms with Gasteiger partial charge in [0.1, 0.15) is 5.69 Å². The molecule has 114 valence electrons. The summed E-state index contributed by atoms with van der Waals surface area (Å²) in [7, 11) is 0. The molecule has 1 heterocycles. The molecule has 2 rings (SSSR count). The Morgan fingerprint density at radius 1 is 1.33 bits per heavy atom. The van der Waals surface area contributed by atoms with E-state index in [2.05, 4.69) is 15.6 Å². The molecule has 3 amide bonds. The number of nitrogens with one attached hydrogen (secondary N) is 3. The molecule has 1 atom stereocenters. The number of carbonyl (C=O) groups excluding carboxylic acids is 3. The van der Waals surface area contributed by atoms with Crippen LogP contribution in [-0.2, 0) is 9.53 Å². The van der Waals surface area contributed by atoms with E-state index in [-0.39, 0.29) is 11.7 Å². The van der Waals surface area contributed by atoms with Gasteiger partial charge in [0, 0.05) is 12.2 Å². The molecular formula is C14H19N3O4. The monoisotopic (exact) mass is 293 g/mol. The molecule has 0 spiro atoms. The highest BCUT2D eigenvalue weighted by molar-refractivity contribution is 5.98. The van der Waals surface area contributed by atoms with E-state index in [1.807, 2.05) is 0 Å². The average Bonchev–Trinajstić information content (AvgIpc) is 3.10. The van der Waals surface area contributed by atoms with Gasteiger partial charge in [0.05, 0.1) is 0 Å². The second-order valence-corrected chi connectivity index (χ2v) is 5.08. The highest BCUT2D eigenvalue weighted by atomic mass is 16.5. The van der Waals surface area contributed by atoms with Gasteiger partial charge in [-0.15, -0.1) is 0 Å². The predicted octanol–water partition coefficient (Wildman–Crippen LogP) is 1.33. The van der Waals surface area contributed by atoms with Crippen LogP contribution in [0.25, 0.3) is 0 Å². The lowest BCUT2D eigenvalue weighted by atomic mass is 10.2. The minimum absolute atomic E-state index is 0.120. The average molecular weight is 293 g/mol. The van der Waals surface area contributed by atoms with Crippen LogP contribution in [0.5, 0.6) is 0 Å². The SMILES string of the molecule is C[C@@H](OC(=O)c1ccc[nH]1)C(=O)NC(=O)NC1CCCC1. The summed E-state index contributed by atoms with van der Waals surface area (Å²) >= 11 is 0. The van der Waals surface area contributed by atoms with Crippen LogP contribution >= 0.6 is 0 Å². The number of rotatable bonds is 4. The molecule has 1 aromatic heterocycles. The summed E-state index contributed by atoms with van der Waals surface area (Å²) in [6, 6.07) is 2.76. The fourth-order valence-electron chi connectivity index (χ4n) is 2.24. The molecule has 1 saturated carbocycles. The summed E-state index contributed by atoms with van der Waals surface area (Å²) in [5, 5.41) is 4.91. The van der Waals surface area contributed by atoms with Crippen molar-refractivity contribution >= 4 is 17.9 Å². The largest absolute Gasteiger partial charge is 0.448 e. The molecule has 0 saturated heterocycles. The Kier molecular flexibility index (Phi) is 4.97. The number of urea groups is 1. The molecule has 1 aliphatic rings. The van der Waals surface area contributed by atoms with Gasteiger partial charge in [-0.1, -0.05) is 12.8 Å². The van der Waals surface area contributed by atoms with Crippen molar-refractivity contribution in [2.45, 2.75) is 44.8 Å². The number of hydrogen-bond acceptors (Lipinski definition) is 4. The lowest BCUT2D eigenvalue weighted by Crippen LogP contribution is -2.47. The van der Waals surface area contributed by atoms with Crippen molar-refractivity contribution in [3.8, 4) is 0 Å². The molecule has 0 unspecified atom stereocenters. The van der Waals surface area contributed by atoms with Gasteiger partial charge < -0.3 is 15.0 Å². The zero-order valence-corrected chi connectivity index (χ0v) is 11.8. The van der Waals surface area contributed by atoms with Crippen molar-refractivity contribution in [3.05, 3.63) is 24.0 Å². The van der Waals surface area contributed by atoms with Crippen molar-refractivity contribution in [1.82, 2.24) is 15.6 Å². The van der Waals surface area contributed by atoms with E-state index < -0.39 is 24.0 Å². The van der Waals surface area contributed by atoms with Crippen LogP contribution in [0.2, 0.25) is 0 Å². The second-order valence-electron chi connectivity index (χ2n) is 5.08. The van der Waals surface area contributed by atoms with E-state index in [9.17, 15) is 14.4 Å². The number of H-pyrrole nitrogens is 1. The van der Waals surface area contributed by atoms with Crippen molar-refractivity contribution in [3.63, 3.8) is 0 Å². The topological polar surface area (TPSA) is 100 Å². The summed E-state index contributed by atoms with van der Waals surface area (Å²) in [6.45, 7) is 1.42. The summed E-state index contributed by atoms with van der Waals surface area (Å²) in [6.07, 6.45) is 4.57. The van der Waals surface area contributed by atoms with Crippen LogP contribution in [0.3, 0.4) is 0 Å². The number of aromatic amines is 1. The standard InChI is InChI=1S/C14H19N3O4/c1-9(21-13(19)11-7-4-8-15-11)12(18)17-14(20)16-10-5-2-3-6-10/h4,7-10,15H,2-3,5-6H2,1H3,(H2,16,17,18,20)/t9-/m1/s1. The van der Waals surface area contributed by atoms with Crippen molar-refractivity contribution in [2.24, 2.45) is 0 Å². The summed E-state index contributed by atoms with van der Waals surface area (Å²) in [5.74, 6) is -1.29. The third-order valence-electron chi connectivity index (χ3n) is 3.40. The Hall–Kier alpha value is -2.31. The zero-order chi connectivity index (χ0) is 15.2. The minimum Gasteiger partial charge on any atom is -0.448 e. The normalized spacial score (nSPS) is 16.2. The van der Waals surface area contributed by atoms with Gasteiger partial charge in [0.2, 0.25) is 0 Å². The molecule has 7 heteroatoms. The molecule has 0 radical (unpaired) electrons. The molecule has 21 heavy (non-hydrogen) atoms. The number of aromatic nitrogens is 1. The van der Waals surface area contributed by atoms with Gasteiger partial charge in [-0.25, -0.2) is 9.59 Å². The lowest BCUT2D eigenvalue weighted by Gasteiger charge is -2.15. The lowest BCUT2D eigenvalue weighted by molar-refractivity contribution is -0.127. The third kappa shape index (κ3) is 4.34. The fourth-order valence-corrected chi connectivity index (χ4v) is 2.24. The van der Waals surface area contributed by atoms with Crippen LogP contribution < -0.4 is 10.6 Å². The summed E-state index contributed by atoms with van der Waals surface area (Å²) < 4.78 is 4.97. The van der Waals surface area contributed by atoms with E-state index >= 15 is 0 Å². The number of carbonyl (C=O) groups is 3. The van der Waals surface area contributed by atoms with Crippen molar-refractivity contribution < 1.29 is 19.1 Å². The molecule has 0 aliphatic heterocycles. The van der Waals surface area contributed by atoms with Crippen molar-refractivity contribution in [2.75, 3.05) is 0 Å². The first-order chi connectivity index (χ1) is 10.1. The molecule has 0 bridgehead atoms. The van der Waals surface area contributed by atoms with E-state index in [0.717, 1.165) is 25.7 Å². The van der Waals surface area contributed by atoms with Crippen molar-refractivity contribution in [1.29, 1.82) is 0 Å². The van der Waals surface area contributed by atoms with E-state index in [1.54, 1.807) is 18.3 Å². The highest BCUT2D eigenvalue weighted by Gasteiger charge is 2.23. The number of esters is 1. The number of hydrogen-bond donors (Lipinski definition) is 3. The van der Waals surface area contributed by atoms with Crippen LogP contribution in [0.15, 0.2) is 18.3 Å². The maximum absolute atomic E-state index is 11.8. The molecule has 3 N–H and O–H groups in total. The van der Waals surface area contributed by atoms with E-state index in [1.165, 1.54) is 6.92 Å². The first-order valence-corrected chi connectivity index (χ1v) is 7.02. The second kappa shape index (κ2) is 6.92. The van der Waals surface area contributed by atoms with Crippen LogP contribution in [0.4, 0.5) is 4.79 Å². The smallest absolute Gasteiger partial charge is 0.355 e. The van der Waals surface area contributed by atoms with Gasteiger partial charge in [-0.3, -0.25) is 10.1 Å². The summed E-state index contributed by atoms with van der Waals surface area (Å²) in [4.78, 5) is 37.7. The van der Waals surface area contributed by atoms with Gasteiger partial charge >= 0.3 is 12.0 Å². The number of amides is 3. The zero-order valence-electron chi connectivity index (χ0n) is 11.8. The third-order valence-corrected chi connectivity index (χ3v) is 3.40. The van der Waals surface area contributed by atoms with Crippen LogP contribution in [-0.4, -0.2) is 35.0 Å². The molecule has 1 aromatic rings. The Bertz CT molecular complexity index is 506. The van der Waals surface area contributed by atoms with Crippen LogP contribution in [0.1, 0.15) is 43.1 Å². The first-order valence-electron chi connectivity index (χ1n) is 7.02. The van der Waals surface area contributed by atoms with Crippen LogP contribution in [0, 0.1) is 0 Å². The molecule has 1 fully saturated rings. The molecular weight excluding hydrogens is 274 g/mol. The maximum Gasteiger partial charge on any atom is 0.355 e. The quantitative estimate of drug-likeness (QED) is 0.729. The first kappa shape index (κ1) is 15.1. The molecule has 1 aliphatic carbocycles. The van der Waals surface area contributed by atoms with Gasteiger partial charge in [0.15, 0.2) is 6.10 Å². The number of imide groups is 1. The predicted molar refractivity (Wildman–Crippen MR) is 74.6 cm³/mol. The maximum atomic E-state index is 11.8. The Morgan fingerprint density at radius 3 is 2.67 bits per heavy atom. The fraction of sp³-hybridized carbons (Fsp3) is 0.500. The highest BCUT2D eigenvalue weighted by Crippen LogP contribution is 2.17. The van der Waals surface area contributed by atoms with Gasteiger partial charge in [0.25, 0.3) is 5.91 Å². The Morgan fingerprint density at radius 2 is 2.05 bits per heavy atom. The summed E-state index contributed by atoms with van der Waals surface area (Å²) in [5.41, 5.74) is 0.255. The Balaban J connectivity index is 1.76. The van der Waals surface area contributed by atoms with Gasteiger partial charge in [-0.2, -0.15) is 0 Å². The Labute approximate surface area is 122 Å². The van der Waals surface area contributed by atoms with E-state index in [4.69, 9.17) is 4.74 Å². The van der Waals surface area contributed by atoms with Gasteiger partial charge in [-0.05, 0) is 31.9 Å². The van der Waals surface area contributed by atoms with E-state index in [0.29, 0.717) is 0 Å². The minimum atomic E-state index is -1.05. The molecule has 0 aromatic carbocycles.